The fourth-order valence-corrected chi connectivity index (χ4v) is 2.49. The first-order valence-corrected chi connectivity index (χ1v) is 7.65. The average Bonchev–Trinajstić information content (AvgIpc) is 2.55. The molecular weight excluding hydrogens is 304 g/mol. The van der Waals surface area contributed by atoms with Gasteiger partial charge in [0.05, 0.1) is 17.5 Å². The summed E-state index contributed by atoms with van der Waals surface area (Å²) in [7, 11) is 0. The SMILES string of the molecule is CCOc1nc(N)nc2ccc(-c3ccc(NC(C)=O)cc3)cc12. The van der Waals surface area contributed by atoms with Gasteiger partial charge in [-0.05, 0) is 42.3 Å². The monoisotopic (exact) mass is 322 g/mol. The molecule has 0 bridgehead atoms. The maximum absolute atomic E-state index is 11.1. The van der Waals surface area contributed by atoms with Gasteiger partial charge in [0.25, 0.3) is 0 Å². The van der Waals surface area contributed by atoms with Crippen LogP contribution in [0.3, 0.4) is 0 Å². The lowest BCUT2D eigenvalue weighted by Gasteiger charge is -2.09. The number of carbonyl (C=O) groups excluding carboxylic acids is 1. The molecule has 0 saturated heterocycles. The van der Waals surface area contributed by atoms with Crippen molar-refractivity contribution in [2.24, 2.45) is 0 Å². The van der Waals surface area contributed by atoms with Crippen molar-refractivity contribution in [3.63, 3.8) is 0 Å². The zero-order chi connectivity index (χ0) is 17.1. The van der Waals surface area contributed by atoms with Gasteiger partial charge in [0, 0.05) is 12.6 Å². The van der Waals surface area contributed by atoms with Crippen LogP contribution in [-0.2, 0) is 4.79 Å². The Labute approximate surface area is 139 Å². The third-order valence-corrected chi connectivity index (χ3v) is 3.50. The molecule has 3 aromatic rings. The van der Waals surface area contributed by atoms with Crippen LogP contribution in [0.25, 0.3) is 22.0 Å². The summed E-state index contributed by atoms with van der Waals surface area (Å²) in [4.78, 5) is 19.5. The second-order valence-corrected chi connectivity index (χ2v) is 5.31. The number of nitrogens with one attached hydrogen (secondary N) is 1. The number of aromatic nitrogens is 2. The first kappa shape index (κ1) is 15.7. The highest BCUT2D eigenvalue weighted by molar-refractivity contribution is 5.90. The smallest absolute Gasteiger partial charge is 0.226 e. The van der Waals surface area contributed by atoms with Crippen LogP contribution in [0.4, 0.5) is 11.6 Å². The molecule has 0 radical (unpaired) electrons. The van der Waals surface area contributed by atoms with E-state index in [9.17, 15) is 4.79 Å². The number of rotatable bonds is 4. The Kier molecular flexibility index (Phi) is 4.29. The van der Waals surface area contributed by atoms with Gasteiger partial charge in [-0.15, -0.1) is 0 Å². The molecule has 0 aliphatic rings. The number of nitrogens with zero attached hydrogens (tertiary/aromatic N) is 2. The maximum Gasteiger partial charge on any atom is 0.226 e. The van der Waals surface area contributed by atoms with Gasteiger partial charge in [0.1, 0.15) is 0 Å². The molecule has 0 spiro atoms. The van der Waals surface area contributed by atoms with Crippen molar-refractivity contribution in [1.82, 2.24) is 9.97 Å². The Bertz CT molecular complexity index is 891. The molecule has 1 amide bonds. The molecule has 1 aromatic heterocycles. The Balaban J connectivity index is 2.02. The summed E-state index contributed by atoms with van der Waals surface area (Å²) in [5.74, 6) is 0.583. The van der Waals surface area contributed by atoms with E-state index in [4.69, 9.17) is 10.5 Å². The molecule has 0 aliphatic carbocycles. The number of anilines is 2. The highest BCUT2D eigenvalue weighted by Crippen LogP contribution is 2.29. The Morgan fingerprint density at radius 3 is 2.50 bits per heavy atom. The molecule has 6 heteroatoms. The summed E-state index contributed by atoms with van der Waals surface area (Å²) >= 11 is 0. The van der Waals surface area contributed by atoms with Crippen LogP contribution in [-0.4, -0.2) is 22.5 Å². The number of amides is 1. The number of hydrogen-bond donors (Lipinski definition) is 2. The van der Waals surface area contributed by atoms with Crippen LogP contribution in [0.5, 0.6) is 5.88 Å². The normalized spacial score (nSPS) is 10.6. The van der Waals surface area contributed by atoms with Gasteiger partial charge < -0.3 is 15.8 Å². The molecule has 6 nitrogen and oxygen atoms in total. The van der Waals surface area contributed by atoms with Crippen LogP contribution >= 0.6 is 0 Å². The van der Waals surface area contributed by atoms with Crippen molar-refractivity contribution in [2.75, 3.05) is 17.7 Å². The predicted molar refractivity (Wildman–Crippen MR) is 94.9 cm³/mol. The van der Waals surface area contributed by atoms with E-state index in [0.717, 1.165) is 27.7 Å². The summed E-state index contributed by atoms with van der Waals surface area (Å²) in [6.07, 6.45) is 0. The second kappa shape index (κ2) is 6.54. The topological polar surface area (TPSA) is 90.1 Å². The molecular formula is C18H18N4O2. The standard InChI is InChI=1S/C18H18N4O2/c1-3-24-17-15-10-13(6-9-16(15)21-18(19)22-17)12-4-7-14(8-5-12)20-11(2)23/h4-10H,3H2,1-2H3,(H,20,23)(H2,19,21,22). The summed E-state index contributed by atoms with van der Waals surface area (Å²) in [5, 5.41) is 3.57. The molecule has 1 heterocycles. The zero-order valence-electron chi connectivity index (χ0n) is 13.5. The molecule has 0 fully saturated rings. The van der Waals surface area contributed by atoms with E-state index in [0.29, 0.717) is 12.5 Å². The van der Waals surface area contributed by atoms with Gasteiger partial charge in [-0.2, -0.15) is 4.98 Å². The molecule has 2 aromatic carbocycles. The Hall–Kier alpha value is -3.15. The second-order valence-electron chi connectivity index (χ2n) is 5.31. The van der Waals surface area contributed by atoms with E-state index in [2.05, 4.69) is 15.3 Å². The van der Waals surface area contributed by atoms with Gasteiger partial charge in [-0.25, -0.2) is 4.98 Å². The first-order chi connectivity index (χ1) is 11.6. The van der Waals surface area contributed by atoms with Gasteiger partial charge >= 0.3 is 0 Å². The van der Waals surface area contributed by atoms with E-state index in [-0.39, 0.29) is 11.9 Å². The van der Waals surface area contributed by atoms with Crippen molar-refractivity contribution in [3.05, 3.63) is 42.5 Å². The first-order valence-electron chi connectivity index (χ1n) is 7.65. The van der Waals surface area contributed by atoms with Crippen LogP contribution in [0.15, 0.2) is 42.5 Å². The minimum Gasteiger partial charge on any atom is -0.477 e. The Morgan fingerprint density at radius 1 is 1.12 bits per heavy atom. The molecule has 24 heavy (non-hydrogen) atoms. The fourth-order valence-electron chi connectivity index (χ4n) is 2.49. The highest BCUT2D eigenvalue weighted by Gasteiger charge is 2.09. The fraction of sp³-hybridized carbons (Fsp3) is 0.167. The summed E-state index contributed by atoms with van der Waals surface area (Å²) in [5.41, 5.74) is 9.25. The number of benzene rings is 2. The minimum atomic E-state index is -0.0930. The number of hydrogen-bond acceptors (Lipinski definition) is 5. The summed E-state index contributed by atoms with van der Waals surface area (Å²) < 4.78 is 5.58. The minimum absolute atomic E-state index is 0.0930. The number of carbonyl (C=O) groups is 1. The molecule has 3 N–H and O–H groups in total. The zero-order valence-corrected chi connectivity index (χ0v) is 13.5. The number of fused-ring (bicyclic) bond motifs is 1. The van der Waals surface area contributed by atoms with E-state index < -0.39 is 0 Å². The Morgan fingerprint density at radius 2 is 1.83 bits per heavy atom. The van der Waals surface area contributed by atoms with Crippen LogP contribution in [0.1, 0.15) is 13.8 Å². The molecule has 0 unspecified atom stereocenters. The van der Waals surface area contributed by atoms with Crippen LogP contribution < -0.4 is 15.8 Å². The largest absolute Gasteiger partial charge is 0.477 e. The van der Waals surface area contributed by atoms with Crippen LogP contribution in [0.2, 0.25) is 0 Å². The lowest BCUT2D eigenvalue weighted by Crippen LogP contribution is -2.05. The van der Waals surface area contributed by atoms with Crippen molar-refractivity contribution in [3.8, 4) is 17.0 Å². The van der Waals surface area contributed by atoms with Gasteiger partial charge in [-0.1, -0.05) is 18.2 Å². The quantitative estimate of drug-likeness (QED) is 0.769. The summed E-state index contributed by atoms with van der Waals surface area (Å²) in [6, 6.07) is 13.5. The van der Waals surface area contributed by atoms with E-state index in [1.807, 2.05) is 49.4 Å². The van der Waals surface area contributed by atoms with Crippen molar-refractivity contribution >= 4 is 28.4 Å². The lowest BCUT2D eigenvalue weighted by atomic mass is 10.0. The van der Waals surface area contributed by atoms with Crippen molar-refractivity contribution in [1.29, 1.82) is 0 Å². The highest BCUT2D eigenvalue weighted by atomic mass is 16.5. The van der Waals surface area contributed by atoms with Crippen molar-refractivity contribution in [2.45, 2.75) is 13.8 Å². The number of nitrogen functional groups attached to an aromatic ring is 1. The molecule has 0 atom stereocenters. The maximum atomic E-state index is 11.1. The van der Waals surface area contributed by atoms with E-state index >= 15 is 0 Å². The lowest BCUT2D eigenvalue weighted by molar-refractivity contribution is -0.114. The van der Waals surface area contributed by atoms with Crippen molar-refractivity contribution < 1.29 is 9.53 Å². The third kappa shape index (κ3) is 3.27. The van der Waals surface area contributed by atoms with Gasteiger partial charge in [0.2, 0.25) is 17.7 Å². The molecule has 0 saturated carbocycles. The van der Waals surface area contributed by atoms with E-state index in [1.165, 1.54) is 6.92 Å². The molecule has 3 rings (SSSR count). The van der Waals surface area contributed by atoms with Gasteiger partial charge in [0.15, 0.2) is 0 Å². The average molecular weight is 322 g/mol. The summed E-state index contributed by atoms with van der Waals surface area (Å²) in [6.45, 7) is 3.88. The predicted octanol–water partition coefficient (Wildman–Crippen LogP) is 3.24. The molecule has 122 valence electrons. The van der Waals surface area contributed by atoms with Crippen LogP contribution in [0, 0.1) is 0 Å². The number of ether oxygens (including phenoxy) is 1. The van der Waals surface area contributed by atoms with Gasteiger partial charge in [-0.3, -0.25) is 4.79 Å². The van der Waals surface area contributed by atoms with E-state index in [1.54, 1.807) is 0 Å². The molecule has 0 aliphatic heterocycles. The number of nitrogens with two attached hydrogens (primary N) is 1. The third-order valence-electron chi connectivity index (χ3n) is 3.50.